The fourth-order valence-electron chi connectivity index (χ4n) is 2.14. The molecular weight excluding hydrogens is 180 g/mol. The van der Waals surface area contributed by atoms with Gasteiger partial charge in [-0.05, 0) is 38.9 Å². The van der Waals surface area contributed by atoms with E-state index < -0.39 is 0 Å². The molecule has 2 saturated heterocycles. The molecule has 76 valence electrons. The largest absolute Gasteiger partial charge is 0.315 e. The fourth-order valence-corrected chi connectivity index (χ4v) is 3.24. The number of likely N-dealkylation sites (tertiary alicyclic amines) is 1. The van der Waals surface area contributed by atoms with Crippen molar-refractivity contribution in [3.63, 3.8) is 0 Å². The second kappa shape index (κ2) is 5.23. The molecule has 1 atom stereocenters. The first-order valence-corrected chi connectivity index (χ1v) is 6.55. The Morgan fingerprint density at radius 1 is 1.31 bits per heavy atom. The van der Waals surface area contributed by atoms with Crippen LogP contribution < -0.4 is 5.32 Å². The minimum atomic E-state index is 0.884. The van der Waals surface area contributed by atoms with Crippen molar-refractivity contribution < 1.29 is 0 Å². The average Bonchev–Trinajstić information content (AvgIpc) is 2.69. The number of hydrogen-bond acceptors (Lipinski definition) is 3. The number of rotatable bonds is 3. The third-order valence-corrected chi connectivity index (χ3v) is 4.28. The van der Waals surface area contributed by atoms with Crippen molar-refractivity contribution >= 4 is 11.8 Å². The maximum Gasteiger partial charge on any atom is 0.0185 e. The molecule has 0 bridgehead atoms. The fraction of sp³-hybridized carbons (Fsp3) is 1.00. The average molecular weight is 200 g/mol. The van der Waals surface area contributed by atoms with E-state index in [1.165, 1.54) is 57.7 Å². The Balaban J connectivity index is 1.60. The molecule has 1 N–H and O–H groups in total. The first-order chi connectivity index (χ1) is 6.45. The van der Waals surface area contributed by atoms with Gasteiger partial charge in [0.15, 0.2) is 0 Å². The smallest absolute Gasteiger partial charge is 0.0185 e. The summed E-state index contributed by atoms with van der Waals surface area (Å²) in [7, 11) is 0. The molecule has 2 aliphatic heterocycles. The normalized spacial score (nSPS) is 30.9. The third kappa shape index (κ3) is 3.15. The highest BCUT2D eigenvalue weighted by Crippen LogP contribution is 2.18. The van der Waals surface area contributed by atoms with Crippen LogP contribution in [0.15, 0.2) is 0 Å². The van der Waals surface area contributed by atoms with Gasteiger partial charge in [-0.25, -0.2) is 0 Å². The Bertz CT molecular complexity index is 140. The van der Waals surface area contributed by atoms with Crippen LogP contribution in [-0.2, 0) is 0 Å². The Morgan fingerprint density at radius 3 is 2.85 bits per heavy atom. The van der Waals surface area contributed by atoms with Gasteiger partial charge in [0.25, 0.3) is 0 Å². The zero-order valence-electron chi connectivity index (χ0n) is 8.30. The minimum absolute atomic E-state index is 0.884. The van der Waals surface area contributed by atoms with Crippen LogP contribution in [0.5, 0.6) is 0 Å². The van der Waals surface area contributed by atoms with Crippen LogP contribution in [-0.4, -0.2) is 48.6 Å². The van der Waals surface area contributed by atoms with Gasteiger partial charge in [0.1, 0.15) is 0 Å². The van der Waals surface area contributed by atoms with Crippen LogP contribution in [0.2, 0.25) is 0 Å². The van der Waals surface area contributed by atoms with Gasteiger partial charge >= 0.3 is 0 Å². The minimum Gasteiger partial charge on any atom is -0.315 e. The standard InChI is InChI=1S/C10H20N2S/c1-2-6-12(5-1)7-3-10-9-11-4-8-13-10/h10-11H,1-9H2. The molecule has 0 aliphatic carbocycles. The highest BCUT2D eigenvalue weighted by atomic mass is 32.2. The van der Waals surface area contributed by atoms with Gasteiger partial charge in [0, 0.05) is 24.1 Å². The summed E-state index contributed by atoms with van der Waals surface area (Å²) >= 11 is 2.16. The zero-order chi connectivity index (χ0) is 8.93. The van der Waals surface area contributed by atoms with E-state index in [4.69, 9.17) is 0 Å². The quantitative estimate of drug-likeness (QED) is 0.736. The van der Waals surface area contributed by atoms with Gasteiger partial charge in [-0.3, -0.25) is 0 Å². The van der Waals surface area contributed by atoms with Crippen molar-refractivity contribution in [2.45, 2.75) is 24.5 Å². The van der Waals surface area contributed by atoms with Gasteiger partial charge in [-0.15, -0.1) is 0 Å². The lowest BCUT2D eigenvalue weighted by Gasteiger charge is -2.24. The monoisotopic (exact) mass is 200 g/mol. The predicted molar refractivity (Wildman–Crippen MR) is 59.4 cm³/mol. The second-order valence-corrected chi connectivity index (χ2v) is 5.44. The first kappa shape index (κ1) is 9.81. The molecule has 0 amide bonds. The van der Waals surface area contributed by atoms with E-state index in [0.29, 0.717) is 0 Å². The van der Waals surface area contributed by atoms with E-state index in [1.807, 2.05) is 0 Å². The molecule has 0 aromatic carbocycles. The summed E-state index contributed by atoms with van der Waals surface area (Å²) in [6.45, 7) is 6.48. The lowest BCUT2D eigenvalue weighted by Crippen LogP contribution is -2.35. The summed E-state index contributed by atoms with van der Waals surface area (Å²) in [5, 5.41) is 4.35. The summed E-state index contributed by atoms with van der Waals surface area (Å²) in [6, 6.07) is 0. The molecular formula is C10H20N2S. The lowest BCUT2D eigenvalue weighted by atomic mass is 10.3. The molecule has 2 heterocycles. The van der Waals surface area contributed by atoms with Crippen molar-refractivity contribution in [3.8, 4) is 0 Å². The molecule has 13 heavy (non-hydrogen) atoms. The van der Waals surface area contributed by atoms with Gasteiger partial charge in [0.05, 0.1) is 0 Å². The Morgan fingerprint density at radius 2 is 2.15 bits per heavy atom. The highest BCUT2D eigenvalue weighted by Gasteiger charge is 2.16. The lowest BCUT2D eigenvalue weighted by molar-refractivity contribution is 0.330. The van der Waals surface area contributed by atoms with Gasteiger partial charge < -0.3 is 10.2 Å². The van der Waals surface area contributed by atoms with E-state index in [0.717, 1.165) is 5.25 Å². The SMILES string of the molecule is C1CCN(CCC2CNCCS2)C1. The summed E-state index contributed by atoms with van der Waals surface area (Å²) in [6.07, 6.45) is 4.24. The Kier molecular flexibility index (Phi) is 3.94. The van der Waals surface area contributed by atoms with Gasteiger partial charge in [-0.2, -0.15) is 11.8 Å². The van der Waals surface area contributed by atoms with Gasteiger partial charge in [0.2, 0.25) is 0 Å². The highest BCUT2D eigenvalue weighted by molar-refractivity contribution is 8.00. The molecule has 2 nitrogen and oxygen atoms in total. The number of hydrogen-bond donors (Lipinski definition) is 1. The molecule has 0 spiro atoms. The predicted octanol–water partition coefficient (Wildman–Crippen LogP) is 1.18. The molecule has 2 rings (SSSR count). The third-order valence-electron chi connectivity index (χ3n) is 2.97. The summed E-state index contributed by atoms with van der Waals surface area (Å²) in [5.41, 5.74) is 0. The molecule has 0 aromatic rings. The molecule has 2 aliphatic rings. The van der Waals surface area contributed by atoms with Crippen molar-refractivity contribution in [1.29, 1.82) is 0 Å². The van der Waals surface area contributed by atoms with Crippen LogP contribution in [0.1, 0.15) is 19.3 Å². The van der Waals surface area contributed by atoms with Crippen LogP contribution in [0.25, 0.3) is 0 Å². The van der Waals surface area contributed by atoms with E-state index in [-0.39, 0.29) is 0 Å². The zero-order valence-corrected chi connectivity index (χ0v) is 9.11. The van der Waals surface area contributed by atoms with Crippen molar-refractivity contribution in [2.24, 2.45) is 0 Å². The second-order valence-electron chi connectivity index (χ2n) is 4.03. The van der Waals surface area contributed by atoms with Crippen LogP contribution in [0.3, 0.4) is 0 Å². The van der Waals surface area contributed by atoms with E-state index in [1.54, 1.807) is 0 Å². The summed E-state index contributed by atoms with van der Waals surface area (Å²) in [5.74, 6) is 1.31. The Hall–Kier alpha value is 0.270. The molecule has 1 unspecified atom stereocenters. The van der Waals surface area contributed by atoms with Crippen LogP contribution in [0, 0.1) is 0 Å². The summed E-state index contributed by atoms with van der Waals surface area (Å²) in [4.78, 5) is 2.62. The van der Waals surface area contributed by atoms with Gasteiger partial charge in [-0.1, -0.05) is 0 Å². The van der Waals surface area contributed by atoms with Crippen LogP contribution in [0.4, 0.5) is 0 Å². The number of nitrogens with one attached hydrogen (secondary N) is 1. The topological polar surface area (TPSA) is 15.3 Å². The van der Waals surface area contributed by atoms with E-state index in [2.05, 4.69) is 22.0 Å². The molecule has 0 radical (unpaired) electrons. The van der Waals surface area contributed by atoms with Crippen molar-refractivity contribution in [1.82, 2.24) is 10.2 Å². The number of thioether (sulfide) groups is 1. The van der Waals surface area contributed by atoms with E-state index >= 15 is 0 Å². The summed E-state index contributed by atoms with van der Waals surface area (Å²) < 4.78 is 0. The first-order valence-electron chi connectivity index (χ1n) is 5.50. The van der Waals surface area contributed by atoms with Crippen molar-refractivity contribution in [3.05, 3.63) is 0 Å². The number of nitrogens with zero attached hydrogens (tertiary/aromatic N) is 1. The molecule has 0 aromatic heterocycles. The maximum atomic E-state index is 3.47. The molecule has 3 heteroatoms. The Labute approximate surface area is 85.4 Å². The van der Waals surface area contributed by atoms with Crippen molar-refractivity contribution in [2.75, 3.05) is 38.5 Å². The van der Waals surface area contributed by atoms with E-state index in [9.17, 15) is 0 Å². The molecule has 2 fully saturated rings. The van der Waals surface area contributed by atoms with Crippen LogP contribution >= 0.6 is 11.8 Å². The molecule has 0 saturated carbocycles. The maximum absolute atomic E-state index is 3.47.